The van der Waals surface area contributed by atoms with E-state index < -0.39 is 0 Å². The van der Waals surface area contributed by atoms with E-state index in [1.165, 1.54) is 37.5 Å². The number of anilines is 1. The lowest BCUT2D eigenvalue weighted by atomic mass is 9.86. The number of aliphatic hydroxyl groups is 1. The monoisotopic (exact) mass is 479 g/mol. The Morgan fingerprint density at radius 1 is 0.917 bits per heavy atom. The molecule has 1 amide bonds. The van der Waals surface area contributed by atoms with Gasteiger partial charge in [0.1, 0.15) is 0 Å². The standard InChI is InChI=1S/C31H33N3O2/c35-21-23-10-15-26(16-11-23)29-20-32-31(28(33-29)17-13-22-6-2-1-3-7-22)34-30(36)19-24-12-14-25-8-4-5-9-27(25)18-24/h4-5,8-12,14-16,18,20,22,35H,1-3,6-7,13,17,19,21H2,(H,32,34,36). The molecular weight excluding hydrogens is 446 g/mol. The molecule has 5 heteroatoms. The number of nitrogens with zero attached hydrogens (tertiary/aromatic N) is 2. The zero-order valence-corrected chi connectivity index (χ0v) is 20.6. The van der Waals surface area contributed by atoms with E-state index in [1.807, 2.05) is 42.5 Å². The van der Waals surface area contributed by atoms with Gasteiger partial charge in [-0.2, -0.15) is 0 Å². The molecule has 5 nitrogen and oxygen atoms in total. The summed E-state index contributed by atoms with van der Waals surface area (Å²) in [5, 5.41) is 14.7. The Morgan fingerprint density at radius 3 is 2.44 bits per heavy atom. The van der Waals surface area contributed by atoms with Crippen LogP contribution in [0, 0.1) is 5.92 Å². The molecule has 1 aliphatic carbocycles. The molecule has 1 aliphatic rings. The summed E-state index contributed by atoms with van der Waals surface area (Å²) in [5.41, 5.74) is 4.42. The molecule has 36 heavy (non-hydrogen) atoms. The Kier molecular flexibility index (Phi) is 7.67. The number of benzene rings is 3. The first kappa shape index (κ1) is 24.1. The molecular formula is C31H33N3O2. The van der Waals surface area contributed by atoms with E-state index in [9.17, 15) is 9.90 Å². The van der Waals surface area contributed by atoms with Gasteiger partial charge in [-0.15, -0.1) is 0 Å². The summed E-state index contributed by atoms with van der Waals surface area (Å²) in [6, 6.07) is 22.0. The first-order valence-electron chi connectivity index (χ1n) is 13.0. The first-order valence-corrected chi connectivity index (χ1v) is 13.0. The van der Waals surface area contributed by atoms with Crippen molar-refractivity contribution in [2.75, 3.05) is 5.32 Å². The van der Waals surface area contributed by atoms with Crippen LogP contribution in [0.5, 0.6) is 0 Å². The third-order valence-electron chi connectivity index (χ3n) is 7.23. The summed E-state index contributed by atoms with van der Waals surface area (Å²) in [7, 11) is 0. The van der Waals surface area contributed by atoms with Crippen molar-refractivity contribution in [2.24, 2.45) is 5.92 Å². The number of aromatic nitrogens is 2. The zero-order chi connectivity index (χ0) is 24.7. The molecule has 1 saturated carbocycles. The maximum absolute atomic E-state index is 13.0. The van der Waals surface area contributed by atoms with Gasteiger partial charge in [-0.1, -0.05) is 98.8 Å². The number of fused-ring (bicyclic) bond motifs is 1. The van der Waals surface area contributed by atoms with Crippen LogP contribution in [-0.4, -0.2) is 21.0 Å². The van der Waals surface area contributed by atoms with E-state index >= 15 is 0 Å². The van der Waals surface area contributed by atoms with E-state index in [0.29, 0.717) is 18.2 Å². The van der Waals surface area contributed by atoms with Gasteiger partial charge in [-0.3, -0.25) is 4.79 Å². The maximum atomic E-state index is 13.0. The molecule has 2 N–H and O–H groups in total. The van der Waals surface area contributed by atoms with Gasteiger partial charge >= 0.3 is 0 Å². The van der Waals surface area contributed by atoms with E-state index in [-0.39, 0.29) is 12.5 Å². The molecule has 1 heterocycles. The number of hydrogen-bond donors (Lipinski definition) is 2. The second-order valence-corrected chi connectivity index (χ2v) is 9.85. The molecule has 1 aromatic heterocycles. The van der Waals surface area contributed by atoms with Gasteiger partial charge in [0.25, 0.3) is 0 Å². The lowest BCUT2D eigenvalue weighted by Crippen LogP contribution is -2.18. The zero-order valence-electron chi connectivity index (χ0n) is 20.6. The number of aryl methyl sites for hydroxylation is 1. The Balaban J connectivity index is 1.35. The third kappa shape index (κ3) is 5.97. The minimum absolute atomic E-state index is 0.0147. The minimum Gasteiger partial charge on any atom is -0.392 e. The highest BCUT2D eigenvalue weighted by Crippen LogP contribution is 2.29. The summed E-state index contributed by atoms with van der Waals surface area (Å²) in [6.45, 7) is 0.0147. The first-order chi connectivity index (χ1) is 17.7. The highest BCUT2D eigenvalue weighted by molar-refractivity contribution is 5.93. The van der Waals surface area contributed by atoms with Gasteiger partial charge in [0, 0.05) is 5.56 Å². The number of nitrogens with one attached hydrogen (secondary N) is 1. The number of aliphatic hydroxyl groups excluding tert-OH is 1. The molecule has 0 unspecified atom stereocenters. The van der Waals surface area contributed by atoms with Crippen molar-refractivity contribution in [1.82, 2.24) is 9.97 Å². The molecule has 4 aromatic rings. The average molecular weight is 480 g/mol. The summed E-state index contributed by atoms with van der Waals surface area (Å²) < 4.78 is 0. The lowest BCUT2D eigenvalue weighted by molar-refractivity contribution is -0.115. The number of carbonyl (C=O) groups excluding carboxylic acids is 1. The Bertz CT molecular complexity index is 1330. The molecule has 0 radical (unpaired) electrons. The van der Waals surface area contributed by atoms with Crippen LogP contribution in [0.4, 0.5) is 5.82 Å². The van der Waals surface area contributed by atoms with Gasteiger partial charge in [-0.05, 0) is 40.7 Å². The molecule has 0 aliphatic heterocycles. The fourth-order valence-corrected chi connectivity index (χ4v) is 5.15. The topological polar surface area (TPSA) is 75.1 Å². The van der Waals surface area contributed by atoms with Crippen LogP contribution in [0.1, 0.15) is 55.3 Å². The molecule has 0 atom stereocenters. The molecule has 3 aromatic carbocycles. The molecule has 0 saturated heterocycles. The maximum Gasteiger partial charge on any atom is 0.229 e. The molecule has 1 fully saturated rings. The number of amides is 1. The largest absolute Gasteiger partial charge is 0.392 e. The van der Waals surface area contributed by atoms with Crippen molar-refractivity contribution in [1.29, 1.82) is 0 Å². The van der Waals surface area contributed by atoms with Crippen molar-refractivity contribution in [3.05, 3.63) is 89.7 Å². The smallest absolute Gasteiger partial charge is 0.229 e. The molecule has 0 spiro atoms. The van der Waals surface area contributed by atoms with Crippen molar-refractivity contribution in [3.63, 3.8) is 0 Å². The minimum atomic E-state index is -0.0847. The normalized spacial score (nSPS) is 14.1. The van der Waals surface area contributed by atoms with Crippen LogP contribution >= 0.6 is 0 Å². The molecule has 0 bridgehead atoms. The van der Waals surface area contributed by atoms with Crippen LogP contribution in [0.3, 0.4) is 0 Å². The van der Waals surface area contributed by atoms with E-state index in [4.69, 9.17) is 4.98 Å². The fourth-order valence-electron chi connectivity index (χ4n) is 5.15. The Hall–Kier alpha value is -3.57. The van der Waals surface area contributed by atoms with E-state index in [1.54, 1.807) is 6.20 Å². The lowest BCUT2D eigenvalue weighted by Gasteiger charge is -2.21. The van der Waals surface area contributed by atoms with Crippen molar-refractivity contribution in [2.45, 2.75) is 58.0 Å². The summed E-state index contributed by atoms with van der Waals surface area (Å²) >= 11 is 0. The predicted octanol–water partition coefficient (Wildman–Crippen LogP) is 6.48. The van der Waals surface area contributed by atoms with Gasteiger partial charge in [0.05, 0.1) is 30.6 Å². The SMILES string of the molecule is O=C(Cc1ccc2ccccc2c1)Nc1ncc(-c2ccc(CO)cc2)nc1CCC1CCCCC1. The highest BCUT2D eigenvalue weighted by atomic mass is 16.3. The molecule has 5 rings (SSSR count). The second kappa shape index (κ2) is 11.4. The van der Waals surface area contributed by atoms with Crippen LogP contribution in [-0.2, 0) is 24.2 Å². The second-order valence-electron chi connectivity index (χ2n) is 9.85. The van der Waals surface area contributed by atoms with Crippen LogP contribution < -0.4 is 5.32 Å². The number of hydrogen-bond acceptors (Lipinski definition) is 4. The Morgan fingerprint density at radius 2 is 1.67 bits per heavy atom. The number of rotatable bonds is 8. The van der Waals surface area contributed by atoms with Crippen molar-refractivity contribution >= 4 is 22.5 Å². The molecule has 184 valence electrons. The summed E-state index contributed by atoms with van der Waals surface area (Å²) in [5.74, 6) is 1.19. The van der Waals surface area contributed by atoms with Crippen molar-refractivity contribution < 1.29 is 9.90 Å². The quantitative estimate of drug-likeness (QED) is 0.303. The average Bonchev–Trinajstić information content (AvgIpc) is 2.93. The van der Waals surface area contributed by atoms with E-state index in [0.717, 1.165) is 46.3 Å². The van der Waals surface area contributed by atoms with Gasteiger partial charge in [0.15, 0.2) is 5.82 Å². The summed E-state index contributed by atoms with van der Waals surface area (Å²) in [6.07, 6.45) is 10.4. The summed E-state index contributed by atoms with van der Waals surface area (Å²) in [4.78, 5) is 22.6. The van der Waals surface area contributed by atoms with Gasteiger partial charge in [0.2, 0.25) is 5.91 Å². The predicted molar refractivity (Wildman–Crippen MR) is 145 cm³/mol. The van der Waals surface area contributed by atoms with Crippen LogP contribution in [0.2, 0.25) is 0 Å². The van der Waals surface area contributed by atoms with Crippen molar-refractivity contribution in [3.8, 4) is 11.3 Å². The van der Waals surface area contributed by atoms with Crippen LogP contribution in [0.15, 0.2) is 72.9 Å². The van der Waals surface area contributed by atoms with Crippen LogP contribution in [0.25, 0.3) is 22.0 Å². The Labute approximate surface area is 212 Å². The highest BCUT2D eigenvalue weighted by Gasteiger charge is 2.17. The van der Waals surface area contributed by atoms with Gasteiger partial charge < -0.3 is 10.4 Å². The fraction of sp³-hybridized carbons (Fsp3) is 0.323. The van der Waals surface area contributed by atoms with E-state index in [2.05, 4.69) is 34.6 Å². The number of carbonyl (C=O) groups is 1. The van der Waals surface area contributed by atoms with Gasteiger partial charge in [-0.25, -0.2) is 9.97 Å². The third-order valence-corrected chi connectivity index (χ3v) is 7.23.